The van der Waals surface area contributed by atoms with Crippen molar-refractivity contribution in [3.8, 4) is 5.75 Å². The van der Waals surface area contributed by atoms with Gasteiger partial charge in [-0.2, -0.15) is 13.2 Å². The van der Waals surface area contributed by atoms with Crippen molar-refractivity contribution in [2.45, 2.75) is 65.0 Å². The summed E-state index contributed by atoms with van der Waals surface area (Å²) in [6.45, 7) is 6.38. The first-order valence-corrected chi connectivity index (χ1v) is 10.1. The molecule has 1 N–H and O–H groups in total. The zero-order chi connectivity index (χ0) is 23.5. The molecule has 0 bridgehead atoms. The molecule has 1 aliphatic rings. The van der Waals surface area contributed by atoms with E-state index in [1.807, 2.05) is 0 Å². The van der Waals surface area contributed by atoms with E-state index >= 15 is 0 Å². The third-order valence-electron chi connectivity index (χ3n) is 5.26. The van der Waals surface area contributed by atoms with Crippen LogP contribution in [0.25, 0.3) is 0 Å². The van der Waals surface area contributed by atoms with Crippen molar-refractivity contribution in [2.24, 2.45) is 5.92 Å². The Labute approximate surface area is 178 Å². The molecule has 1 heterocycles. The number of rotatable bonds is 7. The number of halogens is 4. The van der Waals surface area contributed by atoms with Gasteiger partial charge in [-0.25, -0.2) is 9.18 Å². The molecular weight excluding hydrogens is 420 g/mol. The maximum atomic E-state index is 14.6. The topological polar surface area (TPSA) is 70.1 Å². The molecule has 31 heavy (non-hydrogen) atoms. The Kier molecular flexibility index (Phi) is 7.91. The van der Waals surface area contributed by atoms with E-state index in [1.54, 1.807) is 25.7 Å². The Morgan fingerprint density at radius 3 is 2.42 bits per heavy atom. The van der Waals surface area contributed by atoms with E-state index in [1.165, 1.54) is 24.0 Å². The standard InChI is InChI=1S/C21H28F4N2O4/c1-5-18(21(23,24)25)31-17-8-6-7-15(22)14(17)10-26-9-13(4)27(19(28)12(2)3)16(11-26)20(29)30/h6-8,12-13,16,18H,5,9-11H2,1-4H3,(H,29,30)/t13-,16-,18?/m1/s1. The summed E-state index contributed by atoms with van der Waals surface area (Å²) < 4.78 is 59.1. The van der Waals surface area contributed by atoms with Gasteiger partial charge in [-0.3, -0.25) is 9.69 Å². The molecule has 6 nitrogen and oxygen atoms in total. The first-order valence-electron chi connectivity index (χ1n) is 10.1. The summed E-state index contributed by atoms with van der Waals surface area (Å²) in [6.07, 6.45) is -7.03. The minimum atomic E-state index is -4.61. The zero-order valence-electron chi connectivity index (χ0n) is 17.9. The number of carbonyl (C=O) groups is 2. The van der Waals surface area contributed by atoms with E-state index in [2.05, 4.69) is 0 Å². The molecule has 1 aromatic rings. The van der Waals surface area contributed by atoms with Crippen molar-refractivity contribution in [3.63, 3.8) is 0 Å². The second kappa shape index (κ2) is 9.84. The number of carbonyl (C=O) groups excluding carboxylic acids is 1. The fourth-order valence-electron chi connectivity index (χ4n) is 3.73. The van der Waals surface area contributed by atoms with Gasteiger partial charge in [0.1, 0.15) is 17.6 Å². The summed E-state index contributed by atoms with van der Waals surface area (Å²) in [4.78, 5) is 27.3. The molecule has 10 heteroatoms. The number of alkyl halides is 3. The van der Waals surface area contributed by atoms with Crippen LogP contribution in [0.15, 0.2) is 18.2 Å². The minimum Gasteiger partial charge on any atom is -0.481 e. The molecule has 0 aliphatic carbocycles. The SMILES string of the molecule is CCC(Oc1cccc(F)c1CN1C[C@@H](C)N(C(=O)C(C)C)[C@@H](C(=O)O)C1)C(F)(F)F. The summed E-state index contributed by atoms with van der Waals surface area (Å²) in [7, 11) is 0. The molecule has 174 valence electrons. The monoisotopic (exact) mass is 448 g/mol. The fourth-order valence-corrected chi connectivity index (χ4v) is 3.73. The third kappa shape index (κ3) is 5.87. The molecule has 0 radical (unpaired) electrons. The van der Waals surface area contributed by atoms with Crippen LogP contribution in [0.5, 0.6) is 5.75 Å². The lowest BCUT2D eigenvalue weighted by Crippen LogP contribution is -2.62. The molecule has 1 amide bonds. The van der Waals surface area contributed by atoms with E-state index in [4.69, 9.17) is 4.74 Å². The maximum Gasteiger partial charge on any atom is 0.425 e. The number of piperazine rings is 1. The first-order chi connectivity index (χ1) is 14.4. The number of hydrogen-bond donors (Lipinski definition) is 1. The van der Waals surface area contributed by atoms with Gasteiger partial charge in [0, 0.05) is 37.2 Å². The van der Waals surface area contributed by atoms with Crippen LogP contribution in [0.1, 0.15) is 39.7 Å². The van der Waals surface area contributed by atoms with Gasteiger partial charge in [0.2, 0.25) is 5.91 Å². The van der Waals surface area contributed by atoms with E-state index in [0.29, 0.717) is 0 Å². The fraction of sp³-hybridized carbons (Fsp3) is 0.619. The molecule has 1 aliphatic heterocycles. The van der Waals surface area contributed by atoms with Gasteiger partial charge in [0.15, 0.2) is 6.10 Å². The average molecular weight is 448 g/mol. The summed E-state index contributed by atoms with van der Waals surface area (Å²) in [5, 5.41) is 9.65. The second-order valence-corrected chi connectivity index (χ2v) is 8.07. The third-order valence-corrected chi connectivity index (χ3v) is 5.26. The van der Waals surface area contributed by atoms with Crippen LogP contribution < -0.4 is 4.74 Å². The Morgan fingerprint density at radius 2 is 1.90 bits per heavy atom. The minimum absolute atomic E-state index is 0.0785. The molecule has 1 unspecified atom stereocenters. The predicted octanol–water partition coefficient (Wildman–Crippen LogP) is 3.69. The molecule has 1 fully saturated rings. The van der Waals surface area contributed by atoms with Crippen molar-refractivity contribution in [1.29, 1.82) is 0 Å². The van der Waals surface area contributed by atoms with Crippen LogP contribution in [0.2, 0.25) is 0 Å². The van der Waals surface area contributed by atoms with Crippen LogP contribution >= 0.6 is 0 Å². The largest absolute Gasteiger partial charge is 0.481 e. The number of ether oxygens (including phenoxy) is 1. The molecule has 2 rings (SSSR count). The lowest BCUT2D eigenvalue weighted by molar-refractivity contribution is -0.195. The Morgan fingerprint density at radius 1 is 1.26 bits per heavy atom. The van der Waals surface area contributed by atoms with Gasteiger partial charge in [-0.1, -0.05) is 26.8 Å². The highest BCUT2D eigenvalue weighted by molar-refractivity contribution is 5.85. The maximum absolute atomic E-state index is 14.6. The first kappa shape index (κ1) is 24.9. The van der Waals surface area contributed by atoms with E-state index < -0.39 is 42.1 Å². The number of benzene rings is 1. The van der Waals surface area contributed by atoms with Gasteiger partial charge in [0.25, 0.3) is 0 Å². The van der Waals surface area contributed by atoms with Crippen LogP contribution in [0.3, 0.4) is 0 Å². The normalized spacial score (nSPS) is 21.3. The number of nitrogens with zero attached hydrogens (tertiary/aromatic N) is 2. The zero-order valence-corrected chi connectivity index (χ0v) is 17.9. The second-order valence-electron chi connectivity index (χ2n) is 8.07. The summed E-state index contributed by atoms with van der Waals surface area (Å²) in [5.74, 6) is -2.86. The summed E-state index contributed by atoms with van der Waals surface area (Å²) >= 11 is 0. The predicted molar refractivity (Wildman–Crippen MR) is 105 cm³/mol. The average Bonchev–Trinajstić information content (AvgIpc) is 2.66. The Hall–Kier alpha value is -2.36. The van der Waals surface area contributed by atoms with Crippen LogP contribution in [0, 0.1) is 11.7 Å². The van der Waals surface area contributed by atoms with E-state index in [0.717, 1.165) is 6.07 Å². The van der Waals surface area contributed by atoms with E-state index in [-0.39, 0.29) is 43.3 Å². The van der Waals surface area contributed by atoms with Gasteiger partial charge in [-0.05, 0) is 25.5 Å². The molecule has 0 saturated carbocycles. The Balaban J connectivity index is 2.29. The van der Waals surface area contributed by atoms with Crippen LogP contribution in [-0.2, 0) is 16.1 Å². The van der Waals surface area contributed by atoms with Crippen molar-refractivity contribution >= 4 is 11.9 Å². The molecule has 1 aromatic carbocycles. The van der Waals surface area contributed by atoms with Crippen molar-refractivity contribution in [1.82, 2.24) is 9.80 Å². The Bertz CT molecular complexity index is 800. The number of carboxylic acids is 1. The summed E-state index contributed by atoms with van der Waals surface area (Å²) in [6, 6.07) is 2.03. The van der Waals surface area contributed by atoms with Gasteiger partial charge < -0.3 is 14.7 Å². The molecule has 0 spiro atoms. The van der Waals surface area contributed by atoms with Gasteiger partial charge in [-0.15, -0.1) is 0 Å². The van der Waals surface area contributed by atoms with Crippen LogP contribution in [-0.4, -0.2) is 64.2 Å². The lowest BCUT2D eigenvalue weighted by Gasteiger charge is -2.44. The van der Waals surface area contributed by atoms with Crippen molar-refractivity contribution < 1.29 is 37.0 Å². The number of carboxylic acid groups (broad SMARTS) is 1. The molecule has 0 aromatic heterocycles. The number of hydrogen-bond acceptors (Lipinski definition) is 4. The van der Waals surface area contributed by atoms with Crippen molar-refractivity contribution in [2.75, 3.05) is 13.1 Å². The van der Waals surface area contributed by atoms with Crippen LogP contribution in [0.4, 0.5) is 17.6 Å². The lowest BCUT2D eigenvalue weighted by atomic mass is 10.0. The highest BCUT2D eigenvalue weighted by Gasteiger charge is 2.42. The quantitative estimate of drug-likeness (QED) is 0.645. The highest BCUT2D eigenvalue weighted by Crippen LogP contribution is 2.31. The summed E-state index contributed by atoms with van der Waals surface area (Å²) in [5.41, 5.74) is -0.0785. The molecular formula is C21H28F4N2O4. The number of amides is 1. The highest BCUT2D eigenvalue weighted by atomic mass is 19.4. The molecule has 1 saturated heterocycles. The van der Waals surface area contributed by atoms with Gasteiger partial charge in [0.05, 0.1) is 0 Å². The van der Waals surface area contributed by atoms with Crippen molar-refractivity contribution in [3.05, 3.63) is 29.6 Å². The van der Waals surface area contributed by atoms with Gasteiger partial charge >= 0.3 is 12.1 Å². The molecule has 3 atom stereocenters. The smallest absolute Gasteiger partial charge is 0.425 e. The van der Waals surface area contributed by atoms with E-state index in [9.17, 15) is 32.3 Å². The number of aliphatic carboxylic acids is 1.